The third-order valence-electron chi connectivity index (χ3n) is 2.90. The van der Waals surface area contributed by atoms with Crippen molar-refractivity contribution in [3.8, 4) is 0 Å². The zero-order valence-corrected chi connectivity index (χ0v) is 11.2. The molecule has 0 saturated carbocycles. The molecule has 22 heavy (non-hydrogen) atoms. The van der Waals surface area contributed by atoms with Crippen LogP contribution in [0.3, 0.4) is 0 Å². The molecular formula is C12H12N2O8. The van der Waals surface area contributed by atoms with Gasteiger partial charge in [-0.15, -0.1) is 0 Å². The first-order valence-corrected chi connectivity index (χ1v) is 5.85. The van der Waals surface area contributed by atoms with Gasteiger partial charge in [-0.1, -0.05) is 6.92 Å². The summed E-state index contributed by atoms with van der Waals surface area (Å²) in [6.45, 7) is 1.43. The number of hydroxylamine groups is 2. The van der Waals surface area contributed by atoms with Crippen LogP contribution in [0.5, 0.6) is 0 Å². The largest absolute Gasteiger partial charge is 0.478 e. The van der Waals surface area contributed by atoms with Crippen LogP contribution in [0.4, 0.5) is 0 Å². The van der Waals surface area contributed by atoms with Crippen LogP contribution in [0.15, 0.2) is 6.07 Å². The number of carboxylic acids is 2. The molecule has 10 heteroatoms. The number of carboxylic acid groups (broad SMARTS) is 2. The molecule has 0 aliphatic carbocycles. The highest BCUT2D eigenvalue weighted by Crippen LogP contribution is 2.25. The minimum atomic E-state index is -1.60. The van der Waals surface area contributed by atoms with E-state index in [0.717, 1.165) is 0 Å². The van der Waals surface area contributed by atoms with Crippen LogP contribution in [0.2, 0.25) is 0 Å². The number of amides is 2. The minimum Gasteiger partial charge on any atom is -0.478 e. The molecule has 1 aromatic rings. The summed E-state index contributed by atoms with van der Waals surface area (Å²) in [5.74, 6) is -5.69. The van der Waals surface area contributed by atoms with Gasteiger partial charge in [-0.2, -0.15) is 0 Å². The van der Waals surface area contributed by atoms with Crippen LogP contribution in [0.25, 0.3) is 0 Å². The van der Waals surface area contributed by atoms with Crippen LogP contribution in [0.1, 0.15) is 53.9 Å². The molecule has 1 rings (SSSR count). The molecule has 2 amide bonds. The molecule has 0 aromatic heterocycles. The van der Waals surface area contributed by atoms with Gasteiger partial charge in [-0.25, -0.2) is 20.5 Å². The highest BCUT2D eigenvalue weighted by atomic mass is 16.5. The van der Waals surface area contributed by atoms with E-state index in [1.807, 2.05) is 0 Å². The highest BCUT2D eigenvalue weighted by molar-refractivity contribution is 6.13. The molecule has 0 bridgehead atoms. The van der Waals surface area contributed by atoms with Gasteiger partial charge >= 0.3 is 11.9 Å². The predicted molar refractivity (Wildman–Crippen MR) is 68.2 cm³/mol. The van der Waals surface area contributed by atoms with E-state index in [1.165, 1.54) is 17.9 Å². The quantitative estimate of drug-likeness (QED) is 0.322. The van der Waals surface area contributed by atoms with Crippen molar-refractivity contribution < 1.29 is 39.8 Å². The molecule has 0 heterocycles. The Balaban J connectivity index is 3.96. The number of carbonyl (C=O) groups excluding carboxylic acids is 2. The minimum absolute atomic E-state index is 0.123. The molecule has 0 radical (unpaired) electrons. The molecule has 118 valence electrons. The Bertz CT molecular complexity index is 615. The number of nitrogens with one attached hydrogen (secondary N) is 2. The van der Waals surface area contributed by atoms with E-state index in [0.29, 0.717) is 6.07 Å². The van der Waals surface area contributed by atoms with Gasteiger partial charge in [-0.05, 0) is 18.1 Å². The molecule has 0 aliphatic rings. The SMILES string of the molecule is CCc1c(C(=O)O)c(C(=O)NO)cc(C(=O)NO)c1C(=O)O. The Morgan fingerprint density at radius 1 is 0.909 bits per heavy atom. The highest BCUT2D eigenvalue weighted by Gasteiger charge is 2.30. The second-order valence-electron chi connectivity index (χ2n) is 4.05. The topological polar surface area (TPSA) is 173 Å². The summed E-state index contributed by atoms with van der Waals surface area (Å²) in [7, 11) is 0. The van der Waals surface area contributed by atoms with E-state index in [2.05, 4.69) is 0 Å². The lowest BCUT2D eigenvalue weighted by molar-refractivity contribution is 0.0647. The maximum absolute atomic E-state index is 11.6. The van der Waals surface area contributed by atoms with Gasteiger partial charge in [0, 0.05) is 0 Å². The number of benzene rings is 1. The van der Waals surface area contributed by atoms with Gasteiger partial charge < -0.3 is 10.2 Å². The smallest absolute Gasteiger partial charge is 0.336 e. The van der Waals surface area contributed by atoms with Crippen molar-refractivity contribution in [2.75, 3.05) is 0 Å². The number of aromatic carboxylic acids is 2. The average molecular weight is 312 g/mol. The lowest BCUT2D eigenvalue weighted by atomic mass is 9.89. The standard InChI is InChI=1S/C12H12N2O8/c1-2-4-7(11(17)18)5(9(15)13-21)3-6(10(16)14-22)8(4)12(19)20/h3,21-22H,2H2,1H3,(H,13,15)(H,14,16)(H,17,18)(H,19,20). The number of hydrogen-bond donors (Lipinski definition) is 6. The molecule has 0 spiro atoms. The summed E-state index contributed by atoms with van der Waals surface area (Å²) < 4.78 is 0. The predicted octanol–water partition coefficient (Wildman–Crippen LogP) is -0.117. The molecule has 10 nitrogen and oxygen atoms in total. The van der Waals surface area contributed by atoms with Gasteiger partial charge in [0.15, 0.2) is 0 Å². The Labute approximate surface area is 122 Å². The van der Waals surface area contributed by atoms with Crippen molar-refractivity contribution in [3.05, 3.63) is 33.9 Å². The van der Waals surface area contributed by atoms with Crippen molar-refractivity contribution in [3.63, 3.8) is 0 Å². The van der Waals surface area contributed by atoms with Gasteiger partial charge in [0.25, 0.3) is 11.8 Å². The van der Waals surface area contributed by atoms with Crippen molar-refractivity contribution in [2.24, 2.45) is 0 Å². The fourth-order valence-corrected chi connectivity index (χ4v) is 2.06. The normalized spacial score (nSPS) is 9.95. The first-order valence-electron chi connectivity index (χ1n) is 5.85. The fourth-order valence-electron chi connectivity index (χ4n) is 2.06. The maximum atomic E-state index is 11.6. The fraction of sp³-hybridized carbons (Fsp3) is 0.167. The van der Waals surface area contributed by atoms with Crippen LogP contribution in [-0.2, 0) is 6.42 Å². The van der Waals surface area contributed by atoms with E-state index >= 15 is 0 Å². The van der Waals surface area contributed by atoms with E-state index in [9.17, 15) is 29.4 Å². The Kier molecular flexibility index (Phi) is 5.16. The second kappa shape index (κ2) is 6.65. The first-order chi connectivity index (χ1) is 10.3. The zero-order valence-electron chi connectivity index (χ0n) is 11.2. The van der Waals surface area contributed by atoms with Crippen molar-refractivity contribution in [1.29, 1.82) is 0 Å². The molecule has 1 aromatic carbocycles. The molecular weight excluding hydrogens is 300 g/mol. The Morgan fingerprint density at radius 3 is 1.50 bits per heavy atom. The van der Waals surface area contributed by atoms with Gasteiger partial charge in [0.1, 0.15) is 0 Å². The summed E-state index contributed by atoms with van der Waals surface area (Å²) >= 11 is 0. The van der Waals surface area contributed by atoms with Crippen LogP contribution >= 0.6 is 0 Å². The lowest BCUT2D eigenvalue weighted by Gasteiger charge is -2.15. The molecule has 0 aliphatic heterocycles. The monoisotopic (exact) mass is 312 g/mol. The van der Waals surface area contributed by atoms with E-state index in [-0.39, 0.29) is 12.0 Å². The number of hydrogen-bond acceptors (Lipinski definition) is 6. The van der Waals surface area contributed by atoms with E-state index in [4.69, 9.17) is 10.4 Å². The van der Waals surface area contributed by atoms with Crippen molar-refractivity contribution in [1.82, 2.24) is 11.0 Å². The summed E-state index contributed by atoms with van der Waals surface area (Å²) in [6, 6.07) is 0.670. The molecule has 0 fully saturated rings. The van der Waals surface area contributed by atoms with Crippen LogP contribution in [0, 0.1) is 0 Å². The third kappa shape index (κ3) is 2.87. The third-order valence-corrected chi connectivity index (χ3v) is 2.90. The molecule has 6 N–H and O–H groups in total. The maximum Gasteiger partial charge on any atom is 0.336 e. The summed E-state index contributed by atoms with van der Waals surface area (Å²) in [6.07, 6.45) is -0.123. The first kappa shape index (κ1) is 17.1. The zero-order chi connectivity index (χ0) is 17.0. The molecule has 0 atom stereocenters. The number of carbonyl (C=O) groups is 4. The summed E-state index contributed by atoms with van der Waals surface area (Å²) in [4.78, 5) is 45.9. The van der Waals surface area contributed by atoms with E-state index < -0.39 is 46.0 Å². The van der Waals surface area contributed by atoms with Crippen molar-refractivity contribution in [2.45, 2.75) is 13.3 Å². The second-order valence-corrected chi connectivity index (χ2v) is 4.05. The van der Waals surface area contributed by atoms with E-state index in [1.54, 1.807) is 0 Å². The molecule has 0 unspecified atom stereocenters. The van der Waals surface area contributed by atoms with Crippen LogP contribution < -0.4 is 11.0 Å². The molecule has 0 saturated heterocycles. The summed E-state index contributed by atoms with van der Waals surface area (Å²) in [5.41, 5.74) is -0.393. The Morgan fingerprint density at radius 2 is 1.27 bits per heavy atom. The van der Waals surface area contributed by atoms with Crippen LogP contribution in [-0.4, -0.2) is 44.4 Å². The van der Waals surface area contributed by atoms with Gasteiger partial charge in [0.05, 0.1) is 22.3 Å². The Hall–Kier alpha value is -2.98. The van der Waals surface area contributed by atoms with Gasteiger partial charge in [-0.3, -0.25) is 20.0 Å². The lowest BCUT2D eigenvalue weighted by Crippen LogP contribution is -2.28. The summed E-state index contributed by atoms with van der Waals surface area (Å²) in [5, 5.41) is 35.7. The van der Waals surface area contributed by atoms with Crippen molar-refractivity contribution >= 4 is 23.8 Å². The number of rotatable bonds is 5. The average Bonchev–Trinajstić information content (AvgIpc) is 2.50. The van der Waals surface area contributed by atoms with Gasteiger partial charge in [0.2, 0.25) is 0 Å².